The molecule has 24 heavy (non-hydrogen) atoms. The van der Waals surface area contributed by atoms with Gasteiger partial charge in [-0.15, -0.1) is 0 Å². The van der Waals surface area contributed by atoms with E-state index in [1.165, 1.54) is 5.56 Å². The van der Waals surface area contributed by atoms with E-state index in [1.807, 2.05) is 13.0 Å². The Morgan fingerprint density at radius 2 is 1.75 bits per heavy atom. The maximum Gasteiger partial charge on any atom is 0.227 e. The van der Waals surface area contributed by atoms with Gasteiger partial charge in [0.2, 0.25) is 5.71 Å². The minimum atomic E-state index is 0.00482. The zero-order valence-corrected chi connectivity index (χ0v) is 15.3. The van der Waals surface area contributed by atoms with E-state index in [9.17, 15) is 0 Å². The number of benzene rings is 1. The maximum absolute atomic E-state index is 6.23. The zero-order valence-electron chi connectivity index (χ0n) is 15.3. The fraction of sp³-hybridized carbons (Fsp3) is 0.429. The highest BCUT2D eigenvalue weighted by molar-refractivity contribution is 6.08. The summed E-state index contributed by atoms with van der Waals surface area (Å²) in [6.45, 7) is 16.9. The Hall–Kier alpha value is -2.03. The molecule has 0 bridgehead atoms. The lowest BCUT2D eigenvalue weighted by atomic mass is 9.86. The first-order valence-electron chi connectivity index (χ1n) is 8.55. The van der Waals surface area contributed by atoms with Crippen LogP contribution in [-0.2, 0) is 0 Å². The predicted molar refractivity (Wildman–Crippen MR) is 99.2 cm³/mol. The number of nitrogens with zero attached hydrogens (tertiary/aromatic N) is 2. The highest BCUT2D eigenvalue weighted by Crippen LogP contribution is 2.49. The molecule has 3 heteroatoms. The number of hydrogen-bond donors (Lipinski definition) is 0. The number of rotatable bonds is 1. The SMILES string of the molecule is Cc1ccc2c(n1)oc1c(N3[C]C(C)(C)CC3(C)C)c(C)ccc12. The molecule has 1 fully saturated rings. The number of aromatic nitrogens is 1. The summed E-state index contributed by atoms with van der Waals surface area (Å²) < 4.78 is 6.23. The fourth-order valence-corrected chi connectivity index (χ4v) is 4.19. The molecular formula is C21H24N2O. The summed E-state index contributed by atoms with van der Waals surface area (Å²) in [7, 11) is 0. The molecule has 0 atom stereocenters. The molecule has 0 spiro atoms. The number of pyridine rings is 1. The van der Waals surface area contributed by atoms with Crippen LogP contribution in [0.25, 0.3) is 22.1 Å². The van der Waals surface area contributed by atoms with Crippen molar-refractivity contribution in [1.82, 2.24) is 4.98 Å². The van der Waals surface area contributed by atoms with Crippen LogP contribution < -0.4 is 4.90 Å². The van der Waals surface area contributed by atoms with Crippen molar-refractivity contribution in [2.24, 2.45) is 5.41 Å². The number of furan rings is 1. The van der Waals surface area contributed by atoms with Crippen molar-refractivity contribution < 1.29 is 4.42 Å². The second-order valence-corrected chi connectivity index (χ2v) is 8.34. The molecule has 1 saturated heterocycles. The summed E-state index contributed by atoms with van der Waals surface area (Å²) in [6, 6.07) is 8.47. The standard InChI is InChI=1S/C21H24N2O/c1-13-7-9-15-16-10-8-14(2)22-19(16)24-18(15)17(13)23-12-20(3,4)11-21(23,5)6/h7-10H,11H2,1-6H3. The van der Waals surface area contributed by atoms with Crippen molar-refractivity contribution in [2.75, 3.05) is 4.90 Å². The normalized spacial score (nSPS) is 19.5. The molecular weight excluding hydrogens is 296 g/mol. The molecule has 0 N–H and O–H groups in total. The highest BCUT2D eigenvalue weighted by atomic mass is 16.3. The van der Waals surface area contributed by atoms with Gasteiger partial charge in [0.1, 0.15) is 0 Å². The average molecular weight is 320 g/mol. The quantitative estimate of drug-likeness (QED) is 0.580. The van der Waals surface area contributed by atoms with Crippen LogP contribution >= 0.6 is 0 Å². The molecule has 3 heterocycles. The second kappa shape index (κ2) is 4.75. The average Bonchev–Trinajstić information content (AvgIpc) is 2.91. The van der Waals surface area contributed by atoms with Gasteiger partial charge in [0.25, 0.3) is 0 Å². The van der Waals surface area contributed by atoms with Gasteiger partial charge in [0.15, 0.2) is 5.58 Å². The van der Waals surface area contributed by atoms with Crippen molar-refractivity contribution >= 4 is 27.8 Å². The molecule has 3 aromatic rings. The van der Waals surface area contributed by atoms with Gasteiger partial charge < -0.3 is 9.32 Å². The van der Waals surface area contributed by atoms with E-state index in [-0.39, 0.29) is 11.0 Å². The smallest absolute Gasteiger partial charge is 0.227 e. The zero-order chi connectivity index (χ0) is 17.3. The van der Waals surface area contributed by atoms with Crippen LogP contribution in [-0.4, -0.2) is 10.5 Å². The first-order valence-corrected chi connectivity index (χ1v) is 8.55. The topological polar surface area (TPSA) is 29.3 Å². The van der Waals surface area contributed by atoms with Crippen molar-refractivity contribution in [3.05, 3.63) is 42.1 Å². The minimum Gasteiger partial charge on any atom is -0.436 e. The fourth-order valence-electron chi connectivity index (χ4n) is 4.19. The van der Waals surface area contributed by atoms with Crippen molar-refractivity contribution in [3.63, 3.8) is 0 Å². The minimum absolute atomic E-state index is 0.00482. The van der Waals surface area contributed by atoms with Crippen LogP contribution in [0.1, 0.15) is 45.4 Å². The maximum atomic E-state index is 6.23. The molecule has 2 aromatic heterocycles. The van der Waals surface area contributed by atoms with Crippen molar-refractivity contribution in [2.45, 2.75) is 53.5 Å². The van der Waals surface area contributed by atoms with E-state index in [4.69, 9.17) is 4.42 Å². The van der Waals surface area contributed by atoms with Crippen LogP contribution in [0.2, 0.25) is 0 Å². The summed E-state index contributed by atoms with van der Waals surface area (Å²) in [6.07, 6.45) is 1.06. The molecule has 0 amide bonds. The summed E-state index contributed by atoms with van der Waals surface area (Å²) in [4.78, 5) is 6.86. The van der Waals surface area contributed by atoms with E-state index < -0.39 is 0 Å². The Balaban J connectivity index is 2.01. The Morgan fingerprint density at radius 3 is 2.42 bits per heavy atom. The van der Waals surface area contributed by atoms with Crippen molar-refractivity contribution in [1.29, 1.82) is 0 Å². The lowest BCUT2D eigenvalue weighted by Crippen LogP contribution is -2.36. The van der Waals surface area contributed by atoms with E-state index in [0.29, 0.717) is 5.71 Å². The van der Waals surface area contributed by atoms with Crippen LogP contribution in [0.3, 0.4) is 0 Å². The van der Waals surface area contributed by atoms with Gasteiger partial charge >= 0.3 is 0 Å². The van der Waals surface area contributed by atoms with Crippen molar-refractivity contribution in [3.8, 4) is 0 Å². The molecule has 0 aliphatic carbocycles. The molecule has 0 saturated carbocycles. The summed E-state index contributed by atoms with van der Waals surface area (Å²) in [5.74, 6) is 0. The van der Waals surface area contributed by atoms with Gasteiger partial charge in [-0.3, -0.25) is 0 Å². The van der Waals surface area contributed by atoms with Crippen LogP contribution in [0.4, 0.5) is 5.69 Å². The largest absolute Gasteiger partial charge is 0.436 e. The van der Waals surface area contributed by atoms with Gasteiger partial charge in [-0.2, -0.15) is 0 Å². The van der Waals surface area contributed by atoms with Crippen LogP contribution in [0.5, 0.6) is 0 Å². The molecule has 4 rings (SSSR count). The van der Waals surface area contributed by atoms with Gasteiger partial charge in [0.05, 0.1) is 12.2 Å². The van der Waals surface area contributed by atoms with Crippen LogP contribution in [0.15, 0.2) is 28.7 Å². The molecule has 2 radical (unpaired) electrons. The number of aryl methyl sites for hydroxylation is 2. The molecule has 3 nitrogen and oxygen atoms in total. The molecule has 0 unspecified atom stereocenters. The third-order valence-corrected chi connectivity index (χ3v) is 4.94. The van der Waals surface area contributed by atoms with Gasteiger partial charge in [-0.1, -0.05) is 26.0 Å². The van der Waals surface area contributed by atoms with E-state index in [1.54, 1.807) is 0 Å². The summed E-state index contributed by atoms with van der Waals surface area (Å²) in [5, 5.41) is 2.20. The van der Waals surface area contributed by atoms with Gasteiger partial charge in [-0.25, -0.2) is 4.98 Å². The highest BCUT2D eigenvalue weighted by Gasteiger charge is 2.45. The van der Waals surface area contributed by atoms with E-state index >= 15 is 0 Å². The Bertz CT molecular complexity index is 949. The van der Waals surface area contributed by atoms with Crippen LogP contribution in [0, 0.1) is 25.8 Å². The molecule has 1 aromatic carbocycles. The third-order valence-electron chi connectivity index (χ3n) is 4.94. The lowest BCUT2D eigenvalue weighted by Gasteiger charge is -2.33. The monoisotopic (exact) mass is 320 g/mol. The molecule has 124 valence electrons. The Morgan fingerprint density at radius 1 is 1.04 bits per heavy atom. The van der Waals surface area contributed by atoms with E-state index in [0.717, 1.165) is 34.2 Å². The van der Waals surface area contributed by atoms with Gasteiger partial charge in [-0.05, 0) is 57.2 Å². The number of fused-ring (bicyclic) bond motifs is 3. The number of anilines is 1. The first kappa shape index (κ1) is 15.5. The summed E-state index contributed by atoms with van der Waals surface area (Å²) in [5.41, 5.74) is 4.99. The lowest BCUT2D eigenvalue weighted by molar-refractivity contribution is 0.388. The Labute approximate surface area is 143 Å². The Kier molecular flexibility index (Phi) is 3.07. The number of hydrogen-bond acceptors (Lipinski definition) is 3. The molecule has 1 aliphatic heterocycles. The molecule has 1 aliphatic rings. The van der Waals surface area contributed by atoms with E-state index in [2.05, 4.69) is 69.2 Å². The first-order chi connectivity index (χ1) is 11.2. The van der Waals surface area contributed by atoms with Gasteiger partial charge in [0, 0.05) is 22.0 Å². The summed E-state index contributed by atoms with van der Waals surface area (Å²) >= 11 is 0. The third kappa shape index (κ3) is 2.21. The predicted octanol–water partition coefficient (Wildman–Crippen LogP) is 5.65. The second-order valence-electron chi connectivity index (χ2n) is 8.34.